The zero-order valence-corrected chi connectivity index (χ0v) is 19.4. The van der Waals surface area contributed by atoms with Crippen LogP contribution < -0.4 is 14.4 Å². The van der Waals surface area contributed by atoms with E-state index < -0.39 is 10.0 Å². The van der Waals surface area contributed by atoms with E-state index in [1.807, 2.05) is 34.6 Å². The molecule has 0 aliphatic heterocycles. The van der Waals surface area contributed by atoms with Gasteiger partial charge in [0.15, 0.2) is 0 Å². The van der Waals surface area contributed by atoms with Crippen molar-refractivity contribution in [1.82, 2.24) is 5.32 Å². The van der Waals surface area contributed by atoms with Gasteiger partial charge in [0.2, 0.25) is 5.91 Å². The molecule has 6 nitrogen and oxygen atoms in total. The third-order valence-corrected chi connectivity index (χ3v) is 6.79. The summed E-state index contributed by atoms with van der Waals surface area (Å²) >= 11 is 0. The third-order valence-electron chi connectivity index (χ3n) is 5.00. The topological polar surface area (TPSA) is 75.7 Å². The van der Waals surface area contributed by atoms with Gasteiger partial charge >= 0.3 is 0 Å². The van der Waals surface area contributed by atoms with E-state index >= 15 is 0 Å². The van der Waals surface area contributed by atoms with Crippen molar-refractivity contribution in [2.24, 2.45) is 11.8 Å². The minimum Gasteiger partial charge on any atom is -0.497 e. The van der Waals surface area contributed by atoms with Crippen molar-refractivity contribution in [3.63, 3.8) is 0 Å². The molecule has 0 unspecified atom stereocenters. The Labute approximate surface area is 180 Å². The number of carbonyl (C=O) groups is 1. The number of nitrogens with one attached hydrogen (secondary N) is 1. The molecular formula is C23H32N2O4S. The van der Waals surface area contributed by atoms with Crippen LogP contribution in [0.4, 0.5) is 5.69 Å². The minimum absolute atomic E-state index is 0.0493. The summed E-state index contributed by atoms with van der Waals surface area (Å²) in [4.78, 5) is 13.0. The van der Waals surface area contributed by atoms with E-state index in [1.165, 1.54) is 7.11 Å². The molecule has 0 fully saturated rings. The van der Waals surface area contributed by atoms with Gasteiger partial charge in [-0.2, -0.15) is 0 Å². The number of aryl methyl sites for hydroxylation is 1. The molecule has 1 amide bonds. The second-order valence-electron chi connectivity index (χ2n) is 8.11. The average molecular weight is 433 g/mol. The molecule has 2 rings (SSSR count). The van der Waals surface area contributed by atoms with Crippen LogP contribution in [0, 0.1) is 18.8 Å². The molecule has 7 heteroatoms. The Bertz CT molecular complexity index is 945. The van der Waals surface area contributed by atoms with Gasteiger partial charge in [-0.1, -0.05) is 51.5 Å². The first-order valence-corrected chi connectivity index (χ1v) is 11.5. The molecule has 0 saturated heterocycles. The molecule has 0 radical (unpaired) electrons. The maximum atomic E-state index is 13.4. The summed E-state index contributed by atoms with van der Waals surface area (Å²) in [5, 5.41) is 3.00. The van der Waals surface area contributed by atoms with E-state index in [0.717, 1.165) is 9.87 Å². The minimum atomic E-state index is -3.95. The van der Waals surface area contributed by atoms with Gasteiger partial charge in [-0.05, 0) is 43.0 Å². The van der Waals surface area contributed by atoms with Crippen LogP contribution in [0.15, 0.2) is 53.4 Å². The standard InChI is InChI=1S/C23H32N2O4S/c1-16(2)23(17(3)4)24-22(26)15-25(19-8-7-9-20(14-19)29-6)30(27,28)21-12-10-18(5)11-13-21/h7-14,16-17,23H,15H2,1-6H3,(H,24,26). The molecule has 0 aliphatic carbocycles. The summed E-state index contributed by atoms with van der Waals surface area (Å²) in [7, 11) is -2.44. The second kappa shape index (κ2) is 9.98. The van der Waals surface area contributed by atoms with Gasteiger partial charge in [0.25, 0.3) is 10.0 Å². The fourth-order valence-corrected chi connectivity index (χ4v) is 4.80. The highest BCUT2D eigenvalue weighted by Crippen LogP contribution is 2.27. The zero-order chi connectivity index (χ0) is 22.5. The number of rotatable bonds is 9. The van der Waals surface area contributed by atoms with Crippen molar-refractivity contribution in [1.29, 1.82) is 0 Å². The van der Waals surface area contributed by atoms with Crippen molar-refractivity contribution < 1.29 is 17.9 Å². The predicted molar refractivity (Wildman–Crippen MR) is 120 cm³/mol. The Kier molecular flexibility index (Phi) is 7.89. The molecule has 0 bridgehead atoms. The van der Waals surface area contributed by atoms with Gasteiger partial charge in [0.1, 0.15) is 12.3 Å². The molecule has 1 N–H and O–H groups in total. The Balaban J connectivity index is 2.43. The summed E-state index contributed by atoms with van der Waals surface area (Å²) in [5.41, 5.74) is 1.33. The number of hydrogen-bond donors (Lipinski definition) is 1. The molecule has 0 atom stereocenters. The van der Waals surface area contributed by atoms with Crippen LogP contribution in [-0.4, -0.2) is 34.0 Å². The van der Waals surface area contributed by atoms with E-state index in [0.29, 0.717) is 11.4 Å². The highest BCUT2D eigenvalue weighted by Gasteiger charge is 2.29. The van der Waals surface area contributed by atoms with Gasteiger partial charge in [-0.25, -0.2) is 8.42 Å². The van der Waals surface area contributed by atoms with Gasteiger partial charge in [0, 0.05) is 12.1 Å². The number of carbonyl (C=O) groups excluding carboxylic acids is 1. The van der Waals surface area contributed by atoms with E-state index in [1.54, 1.807) is 48.5 Å². The molecule has 164 valence electrons. The lowest BCUT2D eigenvalue weighted by Crippen LogP contribution is -2.47. The highest BCUT2D eigenvalue weighted by molar-refractivity contribution is 7.92. The lowest BCUT2D eigenvalue weighted by atomic mass is 9.93. The predicted octanol–water partition coefficient (Wildman–Crippen LogP) is 4.00. The van der Waals surface area contributed by atoms with Crippen LogP contribution in [0.5, 0.6) is 5.75 Å². The summed E-state index contributed by atoms with van der Waals surface area (Å²) in [6.07, 6.45) is 0. The van der Waals surface area contributed by atoms with Gasteiger partial charge in [-0.3, -0.25) is 9.10 Å². The largest absolute Gasteiger partial charge is 0.497 e. The number of anilines is 1. The van der Waals surface area contributed by atoms with E-state index in [-0.39, 0.29) is 35.2 Å². The first-order valence-electron chi connectivity index (χ1n) is 10.1. The average Bonchev–Trinajstić information content (AvgIpc) is 2.70. The second-order valence-corrected chi connectivity index (χ2v) is 9.97. The maximum absolute atomic E-state index is 13.4. The van der Waals surface area contributed by atoms with Crippen molar-refractivity contribution >= 4 is 21.6 Å². The number of benzene rings is 2. The van der Waals surface area contributed by atoms with Crippen molar-refractivity contribution in [2.75, 3.05) is 18.0 Å². The van der Waals surface area contributed by atoms with Gasteiger partial charge in [0.05, 0.1) is 17.7 Å². The molecule has 2 aromatic rings. The van der Waals surface area contributed by atoms with Crippen LogP contribution in [0.2, 0.25) is 0 Å². The fourth-order valence-electron chi connectivity index (χ4n) is 3.38. The Morgan fingerprint density at radius 3 is 2.17 bits per heavy atom. The van der Waals surface area contributed by atoms with Crippen LogP contribution in [0.1, 0.15) is 33.3 Å². The quantitative estimate of drug-likeness (QED) is 0.650. The molecule has 0 aliphatic rings. The number of hydrogen-bond acceptors (Lipinski definition) is 4. The molecule has 0 aromatic heterocycles. The summed E-state index contributed by atoms with van der Waals surface area (Å²) in [6, 6.07) is 13.2. The van der Waals surface area contributed by atoms with Gasteiger partial charge in [-0.15, -0.1) is 0 Å². The smallest absolute Gasteiger partial charge is 0.264 e. The lowest BCUT2D eigenvalue weighted by molar-refractivity contribution is -0.121. The van der Waals surface area contributed by atoms with Gasteiger partial charge < -0.3 is 10.1 Å². The summed E-state index contributed by atoms with van der Waals surface area (Å²) < 4.78 is 33.3. The first-order chi connectivity index (χ1) is 14.1. The Morgan fingerprint density at radius 1 is 1.03 bits per heavy atom. The van der Waals surface area contributed by atoms with Crippen molar-refractivity contribution in [3.8, 4) is 5.75 Å². The number of nitrogens with zero attached hydrogens (tertiary/aromatic N) is 1. The van der Waals surface area contributed by atoms with E-state index in [9.17, 15) is 13.2 Å². The van der Waals surface area contributed by atoms with E-state index in [4.69, 9.17) is 4.74 Å². The Morgan fingerprint density at radius 2 is 1.63 bits per heavy atom. The molecule has 0 saturated carbocycles. The molecule has 2 aromatic carbocycles. The third kappa shape index (κ3) is 5.75. The summed E-state index contributed by atoms with van der Waals surface area (Å²) in [5.74, 6) is 0.626. The lowest BCUT2D eigenvalue weighted by Gasteiger charge is -2.29. The highest BCUT2D eigenvalue weighted by atomic mass is 32.2. The van der Waals surface area contributed by atoms with Crippen LogP contribution in [-0.2, 0) is 14.8 Å². The van der Waals surface area contributed by atoms with Crippen molar-refractivity contribution in [3.05, 3.63) is 54.1 Å². The van der Waals surface area contributed by atoms with Crippen LogP contribution in [0.3, 0.4) is 0 Å². The summed E-state index contributed by atoms with van der Waals surface area (Å²) in [6.45, 7) is 9.71. The zero-order valence-electron chi connectivity index (χ0n) is 18.5. The number of sulfonamides is 1. The maximum Gasteiger partial charge on any atom is 0.264 e. The Hall–Kier alpha value is -2.54. The number of amides is 1. The monoisotopic (exact) mass is 432 g/mol. The van der Waals surface area contributed by atoms with Crippen molar-refractivity contribution in [2.45, 2.75) is 45.6 Å². The van der Waals surface area contributed by atoms with E-state index in [2.05, 4.69) is 5.32 Å². The first kappa shape index (κ1) is 23.7. The fraction of sp³-hybridized carbons (Fsp3) is 0.435. The molecule has 30 heavy (non-hydrogen) atoms. The van der Waals surface area contributed by atoms with Crippen LogP contribution >= 0.6 is 0 Å². The molecule has 0 spiro atoms. The number of ether oxygens (including phenoxy) is 1. The molecular weight excluding hydrogens is 400 g/mol. The normalized spacial score (nSPS) is 11.8. The SMILES string of the molecule is COc1cccc(N(CC(=O)NC(C(C)C)C(C)C)S(=O)(=O)c2ccc(C)cc2)c1. The number of methoxy groups -OCH3 is 1. The molecule has 0 heterocycles. The van der Waals surface area contributed by atoms with Crippen LogP contribution in [0.25, 0.3) is 0 Å².